The minimum Gasteiger partial charge on any atom is -0.480 e. The Hall–Kier alpha value is -0.440. The zero-order chi connectivity index (χ0) is 13.3. The van der Waals surface area contributed by atoms with Gasteiger partial charge in [-0.15, -0.1) is 0 Å². The Labute approximate surface area is 108 Å². The highest BCUT2D eigenvalue weighted by Crippen LogP contribution is 2.22. The molecule has 0 aliphatic carbocycles. The first-order valence-corrected chi connectivity index (χ1v) is 7.62. The van der Waals surface area contributed by atoms with Gasteiger partial charge in [-0.3, -0.25) is 9.59 Å². The summed E-state index contributed by atoms with van der Waals surface area (Å²) in [5.41, 5.74) is 10.9. The maximum Gasteiger partial charge on any atom is 0.323 e. The third-order valence-electron chi connectivity index (χ3n) is 1.65. The van der Waals surface area contributed by atoms with E-state index in [9.17, 15) is 9.59 Å². The van der Waals surface area contributed by atoms with Gasteiger partial charge in [0.1, 0.15) is 12.1 Å². The summed E-state index contributed by atoms with van der Waals surface area (Å²) >= 11 is 0. The van der Waals surface area contributed by atoms with E-state index in [2.05, 4.69) is 0 Å². The zero-order valence-corrected chi connectivity index (χ0v) is 11.3. The van der Waals surface area contributed by atoms with E-state index in [1.165, 1.54) is 21.6 Å². The summed E-state index contributed by atoms with van der Waals surface area (Å²) < 4.78 is 4.86. The lowest BCUT2D eigenvalue weighted by atomic mass is 10.4. The smallest absolute Gasteiger partial charge is 0.323 e. The Morgan fingerprint density at radius 3 is 2.24 bits per heavy atom. The molecular formula is C9H18N2O4S2. The van der Waals surface area contributed by atoms with Crippen LogP contribution < -0.4 is 11.5 Å². The summed E-state index contributed by atoms with van der Waals surface area (Å²) in [6.07, 6.45) is 0.758. The molecule has 0 rings (SSSR count). The molecule has 0 heterocycles. The molecule has 0 bridgehead atoms. The van der Waals surface area contributed by atoms with Gasteiger partial charge in [0.25, 0.3) is 0 Å². The molecule has 0 saturated carbocycles. The number of nitrogens with two attached hydrogens (primary N) is 2. The second-order valence-electron chi connectivity index (χ2n) is 3.29. The van der Waals surface area contributed by atoms with Gasteiger partial charge in [-0.25, -0.2) is 0 Å². The first-order chi connectivity index (χ1) is 7.99. The highest BCUT2D eigenvalue weighted by molar-refractivity contribution is 8.76. The van der Waals surface area contributed by atoms with Crippen LogP contribution in [0.4, 0.5) is 0 Å². The van der Waals surface area contributed by atoms with Gasteiger partial charge < -0.3 is 21.3 Å². The number of aliphatic carboxylic acids is 1. The Kier molecular flexibility index (Phi) is 9.33. The molecule has 0 aromatic rings. The molecule has 0 amide bonds. The first kappa shape index (κ1) is 16.6. The van der Waals surface area contributed by atoms with Crippen molar-refractivity contribution < 1.29 is 19.4 Å². The number of rotatable bonds is 9. The minimum absolute atomic E-state index is 0.275. The largest absolute Gasteiger partial charge is 0.480 e. The fourth-order valence-electron chi connectivity index (χ4n) is 0.692. The minimum atomic E-state index is -1.04. The van der Waals surface area contributed by atoms with Crippen LogP contribution in [0.2, 0.25) is 0 Å². The van der Waals surface area contributed by atoms with Gasteiger partial charge in [-0.2, -0.15) is 0 Å². The van der Waals surface area contributed by atoms with Crippen molar-refractivity contribution in [2.75, 3.05) is 18.1 Å². The Balaban J connectivity index is 3.60. The highest BCUT2D eigenvalue weighted by Gasteiger charge is 2.16. The van der Waals surface area contributed by atoms with Gasteiger partial charge in [0.15, 0.2) is 0 Å². The van der Waals surface area contributed by atoms with Gasteiger partial charge in [0.05, 0.1) is 6.61 Å². The number of carbonyl (C=O) groups is 2. The lowest BCUT2D eigenvalue weighted by Gasteiger charge is -2.10. The fraction of sp³-hybridized carbons (Fsp3) is 0.778. The number of hydrogen-bond acceptors (Lipinski definition) is 7. The van der Waals surface area contributed by atoms with Crippen LogP contribution in [0.1, 0.15) is 13.3 Å². The van der Waals surface area contributed by atoms with Gasteiger partial charge >= 0.3 is 11.9 Å². The highest BCUT2D eigenvalue weighted by atomic mass is 33.1. The van der Waals surface area contributed by atoms with Crippen LogP contribution in [0.3, 0.4) is 0 Å². The van der Waals surface area contributed by atoms with Gasteiger partial charge in [-0.1, -0.05) is 28.5 Å². The number of hydrogen-bond donors (Lipinski definition) is 3. The SMILES string of the molecule is CCCOC(=O)C(N)CSSCC(N)C(=O)O. The Bertz CT molecular complexity index is 253. The van der Waals surface area contributed by atoms with E-state index in [4.69, 9.17) is 21.3 Å². The standard InChI is InChI=1S/C9H18N2O4S2/c1-2-3-15-9(14)7(11)5-17-16-4-6(10)8(12)13/h6-7H,2-5,10-11H2,1H3,(H,12,13). The average Bonchev–Trinajstić information content (AvgIpc) is 2.30. The second-order valence-corrected chi connectivity index (χ2v) is 5.84. The number of carboxylic acids is 1. The summed E-state index contributed by atoms with van der Waals surface area (Å²) in [6, 6.07) is -1.57. The lowest BCUT2D eigenvalue weighted by molar-refractivity contribution is -0.144. The zero-order valence-electron chi connectivity index (χ0n) is 9.63. The monoisotopic (exact) mass is 282 g/mol. The van der Waals surface area contributed by atoms with E-state index in [0.29, 0.717) is 12.4 Å². The molecule has 0 spiro atoms. The van der Waals surface area contributed by atoms with Crippen LogP contribution >= 0.6 is 21.6 Å². The van der Waals surface area contributed by atoms with Crippen molar-refractivity contribution in [3.63, 3.8) is 0 Å². The fourth-order valence-corrected chi connectivity index (χ4v) is 2.91. The maximum atomic E-state index is 11.2. The van der Waals surface area contributed by atoms with Crippen LogP contribution in [-0.2, 0) is 14.3 Å². The van der Waals surface area contributed by atoms with Crippen molar-refractivity contribution in [3.8, 4) is 0 Å². The maximum absolute atomic E-state index is 11.2. The summed E-state index contributed by atoms with van der Waals surface area (Å²) in [5.74, 6) is -0.816. The molecule has 0 aliphatic rings. The molecule has 5 N–H and O–H groups in total. The number of ether oxygens (including phenoxy) is 1. The molecule has 2 atom stereocenters. The van der Waals surface area contributed by atoms with E-state index in [1.807, 2.05) is 6.92 Å². The topological polar surface area (TPSA) is 116 Å². The number of esters is 1. The quantitative estimate of drug-likeness (QED) is 0.309. The molecule has 2 unspecified atom stereocenters. The van der Waals surface area contributed by atoms with E-state index >= 15 is 0 Å². The van der Waals surface area contributed by atoms with E-state index in [1.54, 1.807) is 0 Å². The molecule has 8 heteroatoms. The van der Waals surface area contributed by atoms with Crippen LogP contribution in [0.15, 0.2) is 0 Å². The molecule has 0 aliphatic heterocycles. The third kappa shape index (κ3) is 8.31. The summed E-state index contributed by atoms with van der Waals surface area (Å²) in [7, 11) is 2.60. The molecular weight excluding hydrogens is 264 g/mol. The molecule has 0 aromatic carbocycles. The van der Waals surface area contributed by atoms with Crippen LogP contribution in [0.25, 0.3) is 0 Å². The van der Waals surface area contributed by atoms with Gasteiger partial charge in [0, 0.05) is 11.5 Å². The molecule has 100 valence electrons. The Morgan fingerprint density at radius 2 is 1.76 bits per heavy atom. The lowest BCUT2D eigenvalue weighted by Crippen LogP contribution is -2.35. The summed E-state index contributed by atoms with van der Waals surface area (Å²) in [4.78, 5) is 21.7. The Morgan fingerprint density at radius 1 is 1.24 bits per heavy atom. The predicted octanol–water partition coefficient (Wildman–Crippen LogP) is 0.0602. The normalized spacial score (nSPS) is 14.1. The van der Waals surface area contributed by atoms with Crippen molar-refractivity contribution in [2.24, 2.45) is 11.5 Å². The molecule has 0 radical (unpaired) electrons. The van der Waals surface area contributed by atoms with E-state index in [-0.39, 0.29) is 5.75 Å². The first-order valence-electron chi connectivity index (χ1n) is 5.14. The van der Waals surface area contributed by atoms with Gasteiger partial charge in [0.2, 0.25) is 0 Å². The van der Waals surface area contributed by atoms with Crippen molar-refractivity contribution in [2.45, 2.75) is 25.4 Å². The van der Waals surface area contributed by atoms with E-state index in [0.717, 1.165) is 6.42 Å². The van der Waals surface area contributed by atoms with Crippen LogP contribution in [0, 0.1) is 0 Å². The van der Waals surface area contributed by atoms with Gasteiger partial charge in [-0.05, 0) is 6.42 Å². The van der Waals surface area contributed by atoms with E-state index < -0.39 is 24.0 Å². The average molecular weight is 282 g/mol. The predicted molar refractivity (Wildman–Crippen MR) is 69.8 cm³/mol. The summed E-state index contributed by atoms with van der Waals surface area (Å²) in [6.45, 7) is 2.27. The van der Waals surface area contributed by atoms with Crippen molar-refractivity contribution >= 4 is 33.5 Å². The van der Waals surface area contributed by atoms with Crippen molar-refractivity contribution in [1.82, 2.24) is 0 Å². The second kappa shape index (κ2) is 9.58. The van der Waals surface area contributed by atoms with Crippen molar-refractivity contribution in [1.29, 1.82) is 0 Å². The molecule has 0 fully saturated rings. The summed E-state index contributed by atoms with van der Waals surface area (Å²) in [5, 5.41) is 8.53. The number of carboxylic acid groups (broad SMARTS) is 1. The number of carbonyl (C=O) groups excluding carboxylic acids is 1. The molecule has 17 heavy (non-hydrogen) atoms. The molecule has 0 saturated heterocycles. The van der Waals surface area contributed by atoms with Crippen molar-refractivity contribution in [3.05, 3.63) is 0 Å². The van der Waals surface area contributed by atoms with Crippen LogP contribution in [-0.4, -0.2) is 47.2 Å². The molecule has 0 aromatic heterocycles. The molecule has 6 nitrogen and oxygen atoms in total. The van der Waals surface area contributed by atoms with Crippen LogP contribution in [0.5, 0.6) is 0 Å². The third-order valence-corrected chi connectivity index (χ3v) is 4.12.